The van der Waals surface area contributed by atoms with Crippen LogP contribution < -0.4 is 5.32 Å². The number of carbonyl (C=O) groups is 1. The molecule has 4 nitrogen and oxygen atoms in total. The fourth-order valence-corrected chi connectivity index (χ4v) is 4.22. The van der Waals surface area contributed by atoms with E-state index in [1.807, 2.05) is 35.0 Å². The summed E-state index contributed by atoms with van der Waals surface area (Å²) in [6.45, 7) is 4.21. The average molecular weight is 393 g/mol. The Kier molecular flexibility index (Phi) is 4.47. The van der Waals surface area contributed by atoms with E-state index in [0.29, 0.717) is 5.69 Å². The molecule has 148 valence electrons. The summed E-state index contributed by atoms with van der Waals surface area (Å²) in [5.74, 6) is -0.125. The van der Waals surface area contributed by atoms with Crippen LogP contribution >= 0.6 is 0 Å². The first kappa shape index (κ1) is 18.4. The van der Waals surface area contributed by atoms with E-state index in [-0.39, 0.29) is 11.9 Å². The molecule has 1 aromatic heterocycles. The lowest BCUT2D eigenvalue weighted by Crippen LogP contribution is -2.22. The molecule has 4 aromatic rings. The van der Waals surface area contributed by atoms with Gasteiger partial charge in [-0.25, -0.2) is 4.68 Å². The number of fused-ring (bicyclic) bond motifs is 1. The number of nitrogens with zero attached hydrogens (tertiary/aromatic N) is 2. The van der Waals surface area contributed by atoms with Crippen molar-refractivity contribution in [1.29, 1.82) is 0 Å². The summed E-state index contributed by atoms with van der Waals surface area (Å²) in [5.41, 5.74) is 7.94. The predicted octanol–water partition coefficient (Wildman–Crippen LogP) is 5.24. The Morgan fingerprint density at radius 1 is 0.933 bits per heavy atom. The normalized spacial score (nSPS) is 15.1. The molecule has 1 atom stereocenters. The third kappa shape index (κ3) is 2.92. The lowest BCUT2D eigenvalue weighted by Gasteiger charge is -2.17. The number of para-hydroxylation sites is 1. The van der Waals surface area contributed by atoms with Crippen LogP contribution in [0.5, 0.6) is 0 Å². The topological polar surface area (TPSA) is 46.9 Å². The molecule has 1 N–H and O–H groups in total. The van der Waals surface area contributed by atoms with Crippen LogP contribution in [0.1, 0.15) is 45.7 Å². The van der Waals surface area contributed by atoms with Gasteiger partial charge < -0.3 is 5.32 Å². The highest BCUT2D eigenvalue weighted by Gasteiger charge is 2.37. The molecule has 0 saturated heterocycles. The third-order valence-electron chi connectivity index (χ3n) is 5.76. The van der Waals surface area contributed by atoms with E-state index in [1.165, 1.54) is 11.1 Å². The van der Waals surface area contributed by atoms with E-state index >= 15 is 0 Å². The van der Waals surface area contributed by atoms with E-state index in [0.717, 1.165) is 34.5 Å². The van der Waals surface area contributed by atoms with Gasteiger partial charge in [-0.05, 0) is 30.5 Å². The maximum absolute atomic E-state index is 12.9. The molecule has 1 aliphatic rings. The van der Waals surface area contributed by atoms with Gasteiger partial charge in [0.25, 0.3) is 5.91 Å². The van der Waals surface area contributed by atoms with Gasteiger partial charge >= 0.3 is 0 Å². The molecule has 5 rings (SSSR count). The summed E-state index contributed by atoms with van der Waals surface area (Å²) >= 11 is 0. The lowest BCUT2D eigenvalue weighted by molar-refractivity contribution is 0.0955. The minimum absolute atomic E-state index is 0.125. The second kappa shape index (κ2) is 7.30. The van der Waals surface area contributed by atoms with Crippen molar-refractivity contribution in [2.75, 3.05) is 0 Å². The van der Waals surface area contributed by atoms with Crippen molar-refractivity contribution in [3.05, 3.63) is 107 Å². The van der Waals surface area contributed by atoms with Crippen molar-refractivity contribution < 1.29 is 4.79 Å². The Balaban J connectivity index is 1.79. The predicted molar refractivity (Wildman–Crippen MR) is 119 cm³/mol. The SMILES string of the molecule is CCc1ccccc1-n1nc2c(c1-c1ccccc1)C(c1ccc(C)cc1)NC2=O. The van der Waals surface area contributed by atoms with Crippen molar-refractivity contribution in [3.8, 4) is 16.9 Å². The number of benzene rings is 3. The second-order valence-corrected chi connectivity index (χ2v) is 7.69. The molecule has 30 heavy (non-hydrogen) atoms. The first-order valence-electron chi connectivity index (χ1n) is 10.3. The number of amides is 1. The zero-order valence-corrected chi connectivity index (χ0v) is 17.1. The van der Waals surface area contributed by atoms with E-state index in [9.17, 15) is 4.79 Å². The Labute approximate surface area is 176 Å². The second-order valence-electron chi connectivity index (χ2n) is 7.69. The van der Waals surface area contributed by atoms with Crippen molar-refractivity contribution in [2.45, 2.75) is 26.3 Å². The average Bonchev–Trinajstić information content (AvgIpc) is 3.33. The van der Waals surface area contributed by atoms with Gasteiger partial charge in [-0.1, -0.05) is 85.3 Å². The molecule has 1 unspecified atom stereocenters. The van der Waals surface area contributed by atoms with Gasteiger partial charge in [0.1, 0.15) is 0 Å². The standard InChI is InChI=1S/C26H23N3O/c1-3-18-9-7-8-12-21(18)29-25(20-10-5-4-6-11-20)22-23(27-26(30)24(22)28-29)19-15-13-17(2)14-16-19/h4-16,23H,3H2,1-2H3,(H,27,30). The van der Waals surface area contributed by atoms with Gasteiger partial charge in [0.2, 0.25) is 0 Å². The summed E-state index contributed by atoms with van der Waals surface area (Å²) in [5, 5.41) is 7.96. The number of hydrogen-bond acceptors (Lipinski definition) is 2. The van der Waals surface area contributed by atoms with Crippen LogP contribution in [0.15, 0.2) is 78.9 Å². The van der Waals surface area contributed by atoms with Crippen molar-refractivity contribution in [2.24, 2.45) is 0 Å². The highest BCUT2D eigenvalue weighted by molar-refractivity contribution is 6.00. The molecule has 2 heterocycles. The largest absolute Gasteiger partial charge is 0.340 e. The maximum Gasteiger partial charge on any atom is 0.272 e. The Bertz CT molecular complexity index is 1220. The Morgan fingerprint density at radius 3 is 2.37 bits per heavy atom. The summed E-state index contributed by atoms with van der Waals surface area (Å²) in [6.07, 6.45) is 0.891. The Morgan fingerprint density at radius 2 is 1.63 bits per heavy atom. The number of aromatic nitrogens is 2. The molecular formula is C26H23N3O. The van der Waals surface area contributed by atoms with Crippen LogP contribution in [0, 0.1) is 6.92 Å². The van der Waals surface area contributed by atoms with Crippen LogP contribution in [-0.2, 0) is 6.42 Å². The molecule has 1 aliphatic heterocycles. The number of rotatable bonds is 4. The lowest BCUT2D eigenvalue weighted by atomic mass is 9.96. The number of hydrogen-bond donors (Lipinski definition) is 1. The van der Waals surface area contributed by atoms with Crippen LogP contribution in [-0.4, -0.2) is 15.7 Å². The minimum Gasteiger partial charge on any atom is -0.340 e. The minimum atomic E-state index is -0.217. The van der Waals surface area contributed by atoms with Gasteiger partial charge in [0.05, 0.1) is 17.4 Å². The fourth-order valence-electron chi connectivity index (χ4n) is 4.22. The van der Waals surface area contributed by atoms with Gasteiger partial charge in [-0.2, -0.15) is 5.10 Å². The molecule has 0 fully saturated rings. The van der Waals surface area contributed by atoms with E-state index in [2.05, 4.69) is 67.7 Å². The van der Waals surface area contributed by atoms with E-state index in [4.69, 9.17) is 5.10 Å². The van der Waals surface area contributed by atoms with Gasteiger partial charge in [-0.3, -0.25) is 4.79 Å². The smallest absolute Gasteiger partial charge is 0.272 e. The van der Waals surface area contributed by atoms with Crippen molar-refractivity contribution in [1.82, 2.24) is 15.1 Å². The van der Waals surface area contributed by atoms with Crippen LogP contribution in [0.2, 0.25) is 0 Å². The highest BCUT2D eigenvalue weighted by Crippen LogP contribution is 2.40. The number of carbonyl (C=O) groups excluding carboxylic acids is 1. The van der Waals surface area contributed by atoms with E-state index < -0.39 is 0 Å². The summed E-state index contributed by atoms with van der Waals surface area (Å²) in [6, 6.07) is 26.6. The van der Waals surface area contributed by atoms with E-state index in [1.54, 1.807) is 0 Å². The molecular weight excluding hydrogens is 370 g/mol. The zero-order chi connectivity index (χ0) is 20.7. The van der Waals surface area contributed by atoms with Gasteiger partial charge in [0, 0.05) is 11.1 Å². The fraction of sp³-hybridized carbons (Fsp3) is 0.154. The van der Waals surface area contributed by atoms with Crippen LogP contribution in [0.4, 0.5) is 0 Å². The molecule has 4 heteroatoms. The summed E-state index contributed by atoms with van der Waals surface area (Å²) in [7, 11) is 0. The van der Waals surface area contributed by atoms with Crippen LogP contribution in [0.3, 0.4) is 0 Å². The molecule has 0 bridgehead atoms. The van der Waals surface area contributed by atoms with Gasteiger partial charge in [-0.15, -0.1) is 0 Å². The molecule has 0 aliphatic carbocycles. The first-order chi connectivity index (χ1) is 14.7. The highest BCUT2D eigenvalue weighted by atomic mass is 16.2. The summed E-state index contributed by atoms with van der Waals surface area (Å²) in [4.78, 5) is 12.9. The monoisotopic (exact) mass is 393 g/mol. The van der Waals surface area contributed by atoms with Gasteiger partial charge in [0.15, 0.2) is 5.69 Å². The molecule has 0 saturated carbocycles. The molecule has 3 aromatic carbocycles. The molecule has 1 amide bonds. The number of nitrogens with one attached hydrogen (secondary N) is 1. The summed E-state index contributed by atoms with van der Waals surface area (Å²) < 4.78 is 1.96. The maximum atomic E-state index is 12.9. The third-order valence-corrected chi connectivity index (χ3v) is 5.76. The Hall–Kier alpha value is -3.66. The molecule has 0 radical (unpaired) electrons. The van der Waals surface area contributed by atoms with Crippen molar-refractivity contribution in [3.63, 3.8) is 0 Å². The molecule has 0 spiro atoms. The zero-order valence-electron chi connectivity index (χ0n) is 17.1. The quantitative estimate of drug-likeness (QED) is 0.515. The van der Waals surface area contributed by atoms with Crippen molar-refractivity contribution >= 4 is 5.91 Å². The van der Waals surface area contributed by atoms with Crippen LogP contribution in [0.25, 0.3) is 16.9 Å². The first-order valence-corrected chi connectivity index (χ1v) is 10.3. The number of aryl methyl sites for hydroxylation is 2.